The van der Waals surface area contributed by atoms with Gasteiger partial charge in [0.1, 0.15) is 17.1 Å². The monoisotopic (exact) mass is 523 g/mol. The molecule has 3 rings (SSSR count). The normalized spacial score (nSPS) is 11.6. The summed E-state index contributed by atoms with van der Waals surface area (Å²) in [6.07, 6.45) is 0.534. The molecular weight excluding hydrogens is 503 g/mol. The van der Waals surface area contributed by atoms with Gasteiger partial charge in [-0.05, 0) is 57.4 Å². The molecule has 1 heterocycles. The Morgan fingerprint density at radius 3 is 2.41 bits per heavy atom. The first-order valence-corrected chi connectivity index (χ1v) is 12.1. The number of sulfone groups is 1. The van der Waals surface area contributed by atoms with Gasteiger partial charge in [0.15, 0.2) is 20.8 Å². The van der Waals surface area contributed by atoms with Gasteiger partial charge in [-0.3, -0.25) is 9.69 Å². The average molecular weight is 524 g/mol. The number of anilines is 1. The molecule has 0 radical (unpaired) electrons. The lowest BCUT2D eigenvalue weighted by molar-refractivity contribution is -0.116. The summed E-state index contributed by atoms with van der Waals surface area (Å²) in [5, 5.41) is 0.494. The predicted molar refractivity (Wildman–Crippen MR) is 126 cm³/mol. The molecule has 0 spiro atoms. The van der Waals surface area contributed by atoms with Gasteiger partial charge in [-0.2, -0.15) is 0 Å². The number of fused-ring (bicyclic) bond motifs is 1. The number of aromatic nitrogens is 1. The molecule has 12 heteroatoms. The molecule has 2 aromatic carbocycles. The SMILES string of the molecule is CN(C)CCCN(C(=O)CS(=O)(=O)c1ccc(Cl)cc1)c1nc2c(F)cc(F)cc2s1.Cl. The van der Waals surface area contributed by atoms with Crippen molar-refractivity contribution in [2.45, 2.75) is 11.3 Å². The summed E-state index contributed by atoms with van der Waals surface area (Å²) >= 11 is 6.74. The van der Waals surface area contributed by atoms with E-state index in [4.69, 9.17) is 11.6 Å². The smallest absolute Gasteiger partial charge is 0.244 e. The fourth-order valence-corrected chi connectivity index (χ4v) is 5.27. The number of carbonyl (C=O) groups excluding carboxylic acids is 1. The first-order valence-electron chi connectivity index (χ1n) is 9.26. The van der Waals surface area contributed by atoms with E-state index in [1.165, 1.54) is 29.2 Å². The van der Waals surface area contributed by atoms with Gasteiger partial charge in [-0.25, -0.2) is 22.2 Å². The Morgan fingerprint density at radius 1 is 1.12 bits per heavy atom. The molecule has 0 fully saturated rings. The lowest BCUT2D eigenvalue weighted by Gasteiger charge is -2.21. The van der Waals surface area contributed by atoms with Crippen LogP contribution in [0.4, 0.5) is 13.9 Å². The largest absolute Gasteiger partial charge is 0.309 e. The molecule has 6 nitrogen and oxygen atoms in total. The first-order chi connectivity index (χ1) is 14.6. The molecule has 1 amide bonds. The zero-order valence-electron chi connectivity index (χ0n) is 17.2. The minimum absolute atomic E-state index is 0. The maximum Gasteiger partial charge on any atom is 0.244 e. The highest BCUT2D eigenvalue weighted by atomic mass is 35.5. The zero-order valence-corrected chi connectivity index (χ0v) is 20.4. The lowest BCUT2D eigenvalue weighted by Crippen LogP contribution is -2.37. The maximum atomic E-state index is 14.1. The van der Waals surface area contributed by atoms with Crippen molar-refractivity contribution in [3.63, 3.8) is 0 Å². The van der Waals surface area contributed by atoms with E-state index < -0.39 is 33.1 Å². The number of thiazole rings is 1. The van der Waals surface area contributed by atoms with Crippen LogP contribution in [-0.4, -0.2) is 57.1 Å². The van der Waals surface area contributed by atoms with Crippen LogP contribution in [0.1, 0.15) is 6.42 Å². The minimum Gasteiger partial charge on any atom is -0.309 e. The van der Waals surface area contributed by atoms with Crippen LogP contribution < -0.4 is 4.90 Å². The number of hydrogen-bond donors (Lipinski definition) is 0. The topological polar surface area (TPSA) is 70.6 Å². The summed E-state index contributed by atoms with van der Waals surface area (Å²) in [5.41, 5.74) is -0.0626. The van der Waals surface area contributed by atoms with Crippen LogP contribution in [0.5, 0.6) is 0 Å². The quantitative estimate of drug-likeness (QED) is 0.437. The predicted octanol–water partition coefficient (Wildman–Crippen LogP) is 4.41. The standard InChI is InChI=1S/C20H20ClF2N3O3S2.ClH/c1-25(2)8-3-9-26(20-24-19-16(23)10-14(22)11-17(19)30-20)18(27)12-31(28,29)15-6-4-13(21)5-7-15;/h4-7,10-11H,3,8-9,12H2,1-2H3;1H. The summed E-state index contributed by atoms with van der Waals surface area (Å²) in [4.78, 5) is 20.3. The van der Waals surface area contributed by atoms with E-state index in [-0.39, 0.29) is 39.2 Å². The molecule has 0 bridgehead atoms. The van der Waals surface area contributed by atoms with Crippen molar-refractivity contribution in [1.82, 2.24) is 9.88 Å². The molecule has 0 atom stereocenters. The number of rotatable bonds is 8. The van der Waals surface area contributed by atoms with Crippen LogP contribution in [0.3, 0.4) is 0 Å². The molecule has 0 aliphatic heterocycles. The molecule has 174 valence electrons. The minimum atomic E-state index is -3.93. The van der Waals surface area contributed by atoms with Gasteiger partial charge < -0.3 is 4.90 Å². The van der Waals surface area contributed by atoms with E-state index in [2.05, 4.69) is 4.98 Å². The number of carbonyl (C=O) groups is 1. The number of halogens is 4. The van der Waals surface area contributed by atoms with E-state index in [0.717, 1.165) is 23.5 Å². The zero-order chi connectivity index (χ0) is 22.8. The molecule has 3 aromatic rings. The van der Waals surface area contributed by atoms with Crippen LogP contribution in [0.25, 0.3) is 10.2 Å². The van der Waals surface area contributed by atoms with Crippen LogP contribution in [-0.2, 0) is 14.6 Å². The summed E-state index contributed by atoms with van der Waals surface area (Å²) in [6, 6.07) is 7.37. The summed E-state index contributed by atoms with van der Waals surface area (Å²) in [6.45, 7) is 0.818. The van der Waals surface area contributed by atoms with Gasteiger partial charge in [0.25, 0.3) is 0 Å². The Bertz CT molecular complexity index is 1200. The summed E-state index contributed by atoms with van der Waals surface area (Å²) in [5.74, 6) is -3.08. The van der Waals surface area contributed by atoms with Crippen molar-refractivity contribution < 1.29 is 22.0 Å². The molecule has 0 N–H and O–H groups in total. The van der Waals surface area contributed by atoms with Crippen LogP contribution >= 0.6 is 35.3 Å². The average Bonchev–Trinajstić information content (AvgIpc) is 3.08. The van der Waals surface area contributed by atoms with Gasteiger partial charge in [0.05, 0.1) is 9.60 Å². The Kier molecular flexibility index (Phi) is 8.95. The first kappa shape index (κ1) is 26.4. The third-order valence-electron chi connectivity index (χ3n) is 4.41. The van der Waals surface area contributed by atoms with Gasteiger partial charge in [0, 0.05) is 17.6 Å². The van der Waals surface area contributed by atoms with Gasteiger partial charge in [0.2, 0.25) is 5.91 Å². The van der Waals surface area contributed by atoms with E-state index in [9.17, 15) is 22.0 Å². The Morgan fingerprint density at radius 2 is 1.78 bits per heavy atom. The third-order valence-corrected chi connectivity index (χ3v) is 7.30. The van der Waals surface area contributed by atoms with Crippen molar-refractivity contribution in [3.05, 3.63) is 53.1 Å². The number of nitrogens with zero attached hydrogens (tertiary/aromatic N) is 3. The number of benzene rings is 2. The van der Waals surface area contributed by atoms with E-state index in [0.29, 0.717) is 18.0 Å². The van der Waals surface area contributed by atoms with Gasteiger partial charge >= 0.3 is 0 Å². The Balaban J connectivity index is 0.00000363. The van der Waals surface area contributed by atoms with Gasteiger partial charge in [-0.1, -0.05) is 22.9 Å². The van der Waals surface area contributed by atoms with Crippen molar-refractivity contribution in [3.8, 4) is 0 Å². The Labute approximate surface area is 200 Å². The van der Waals surface area contributed by atoms with E-state index in [1.54, 1.807) is 0 Å². The van der Waals surface area contributed by atoms with Crippen molar-refractivity contribution >= 4 is 66.4 Å². The highest BCUT2D eigenvalue weighted by molar-refractivity contribution is 7.92. The van der Waals surface area contributed by atoms with Crippen molar-refractivity contribution in [1.29, 1.82) is 0 Å². The molecule has 32 heavy (non-hydrogen) atoms. The summed E-state index contributed by atoms with van der Waals surface area (Å²) in [7, 11) is -0.197. The third kappa shape index (κ3) is 6.35. The highest BCUT2D eigenvalue weighted by Crippen LogP contribution is 2.31. The molecule has 0 aliphatic rings. The highest BCUT2D eigenvalue weighted by Gasteiger charge is 2.27. The maximum absolute atomic E-state index is 14.1. The summed E-state index contributed by atoms with van der Waals surface area (Å²) < 4.78 is 53.3. The number of hydrogen-bond acceptors (Lipinski definition) is 6. The van der Waals surface area contributed by atoms with Crippen LogP contribution in [0, 0.1) is 11.6 Å². The van der Waals surface area contributed by atoms with Crippen molar-refractivity contribution in [2.24, 2.45) is 0 Å². The van der Waals surface area contributed by atoms with E-state index in [1.807, 2.05) is 19.0 Å². The second kappa shape index (κ2) is 10.8. The fourth-order valence-electron chi connectivity index (χ4n) is 2.90. The van der Waals surface area contributed by atoms with Crippen LogP contribution in [0.15, 0.2) is 41.3 Å². The number of amides is 1. The van der Waals surface area contributed by atoms with Crippen molar-refractivity contribution in [2.75, 3.05) is 37.8 Å². The molecule has 0 saturated carbocycles. The molecule has 0 saturated heterocycles. The van der Waals surface area contributed by atoms with Crippen LogP contribution in [0.2, 0.25) is 5.02 Å². The molecule has 0 aliphatic carbocycles. The second-order valence-electron chi connectivity index (χ2n) is 7.15. The Hall–Kier alpha value is -1.85. The van der Waals surface area contributed by atoms with E-state index >= 15 is 0 Å². The lowest BCUT2D eigenvalue weighted by atomic mass is 10.3. The molecular formula is C20H21Cl2F2N3O3S2. The second-order valence-corrected chi connectivity index (χ2v) is 10.6. The molecule has 0 unspecified atom stereocenters. The van der Waals surface area contributed by atoms with Gasteiger partial charge in [-0.15, -0.1) is 12.4 Å². The molecule has 1 aromatic heterocycles. The fraction of sp³-hybridized carbons (Fsp3) is 0.300.